The molecule has 0 saturated heterocycles. The largest absolute Gasteiger partial charge is 0.493 e. The van der Waals surface area contributed by atoms with Crippen molar-refractivity contribution in [3.8, 4) is 11.5 Å². The van der Waals surface area contributed by atoms with Crippen LogP contribution in [0.3, 0.4) is 0 Å². The van der Waals surface area contributed by atoms with E-state index in [9.17, 15) is 18.4 Å². The fourth-order valence-corrected chi connectivity index (χ4v) is 3.58. The highest BCUT2D eigenvalue weighted by Gasteiger charge is 2.16. The van der Waals surface area contributed by atoms with Gasteiger partial charge < -0.3 is 14.8 Å². The number of hydrogen-bond acceptors (Lipinski definition) is 5. The molecule has 0 fully saturated rings. The predicted octanol–water partition coefficient (Wildman–Crippen LogP) is 5.17. The first kappa shape index (κ1) is 25.3. The molecule has 0 bridgehead atoms. The van der Waals surface area contributed by atoms with E-state index in [1.165, 1.54) is 37.6 Å². The van der Waals surface area contributed by atoms with E-state index < -0.39 is 17.6 Å². The quantitative estimate of drug-likeness (QED) is 0.224. The number of carbonyl (C=O) groups is 2. The van der Waals surface area contributed by atoms with Crippen LogP contribution in [0.5, 0.6) is 11.5 Å². The molecule has 176 valence electrons. The molecule has 2 amide bonds. The Morgan fingerprint density at radius 2 is 1.76 bits per heavy atom. The molecular weight excluding hydrogens is 580 g/mol. The lowest BCUT2D eigenvalue weighted by molar-refractivity contribution is -0.136. The molecule has 3 aromatic carbocycles. The second kappa shape index (κ2) is 11.7. The Balaban J connectivity index is 1.62. The van der Waals surface area contributed by atoms with Gasteiger partial charge in [0.05, 0.1) is 23.5 Å². The Bertz CT molecular complexity index is 1240. The Morgan fingerprint density at radius 1 is 1.03 bits per heavy atom. The first-order chi connectivity index (χ1) is 16.3. The third-order valence-electron chi connectivity index (χ3n) is 4.31. The van der Waals surface area contributed by atoms with E-state index in [2.05, 4.69) is 47.7 Å². The fourth-order valence-electron chi connectivity index (χ4n) is 2.68. The molecule has 0 aliphatic heterocycles. The first-order valence-electron chi connectivity index (χ1n) is 9.61. The average Bonchev–Trinajstić information content (AvgIpc) is 2.80. The maximum atomic E-state index is 13.8. The summed E-state index contributed by atoms with van der Waals surface area (Å²) in [7, 11) is 1.46. The topological polar surface area (TPSA) is 89.0 Å². The van der Waals surface area contributed by atoms with Gasteiger partial charge in [-0.15, -0.1) is 0 Å². The monoisotopic (exact) mass is 595 g/mol. The molecular formula is C23H17Br2F2N3O4. The van der Waals surface area contributed by atoms with Crippen molar-refractivity contribution >= 4 is 55.6 Å². The zero-order chi connectivity index (χ0) is 24.7. The highest BCUT2D eigenvalue weighted by molar-refractivity contribution is 9.10. The lowest BCUT2D eigenvalue weighted by Crippen LogP contribution is -2.32. The van der Waals surface area contributed by atoms with E-state index in [-0.39, 0.29) is 18.1 Å². The lowest BCUT2D eigenvalue weighted by Gasteiger charge is -2.13. The summed E-state index contributed by atoms with van der Waals surface area (Å²) in [5, 5.41) is 5.92. The zero-order valence-corrected chi connectivity index (χ0v) is 20.7. The molecule has 0 saturated carbocycles. The molecule has 3 rings (SSSR count). The van der Waals surface area contributed by atoms with Crippen LogP contribution < -0.4 is 20.2 Å². The minimum absolute atomic E-state index is 0.141. The van der Waals surface area contributed by atoms with Gasteiger partial charge in [-0.3, -0.25) is 9.59 Å². The van der Waals surface area contributed by atoms with Gasteiger partial charge in [-0.1, -0.05) is 28.1 Å². The molecule has 0 atom stereocenters. The third-order valence-corrected chi connectivity index (χ3v) is 5.40. The van der Waals surface area contributed by atoms with Gasteiger partial charge in [0.25, 0.3) is 0 Å². The van der Waals surface area contributed by atoms with Gasteiger partial charge >= 0.3 is 11.8 Å². The van der Waals surface area contributed by atoms with E-state index in [0.29, 0.717) is 26.0 Å². The highest BCUT2D eigenvalue weighted by Crippen LogP contribution is 2.36. The van der Waals surface area contributed by atoms with Crippen molar-refractivity contribution in [3.05, 3.63) is 86.3 Å². The molecule has 0 spiro atoms. The van der Waals surface area contributed by atoms with Crippen molar-refractivity contribution in [2.24, 2.45) is 5.10 Å². The number of ether oxygens (including phenoxy) is 2. The first-order valence-corrected chi connectivity index (χ1v) is 11.2. The summed E-state index contributed by atoms with van der Waals surface area (Å²) in [6.45, 7) is 0.187. The van der Waals surface area contributed by atoms with Crippen LogP contribution >= 0.6 is 31.9 Å². The molecule has 0 aromatic heterocycles. The van der Waals surface area contributed by atoms with Gasteiger partial charge in [0.15, 0.2) is 11.5 Å². The van der Waals surface area contributed by atoms with Gasteiger partial charge in [0.1, 0.15) is 18.2 Å². The fraction of sp³-hybridized carbons (Fsp3) is 0.0870. The number of methoxy groups -OCH3 is 1. The standard InChI is InChI=1S/C23H17Br2F2N3O4/c1-33-20-9-14(8-17(25)21(20)34-12-13-2-5-16(26)6-3-13)11-28-30-23(32)22(31)29-19-7-4-15(24)10-18(19)27/h2-11H,12H2,1H3,(H,29,31)(H,30,32)/b28-11+. The second-order valence-corrected chi connectivity index (χ2v) is 8.50. The van der Waals surface area contributed by atoms with Crippen LogP contribution in [0.4, 0.5) is 14.5 Å². The van der Waals surface area contributed by atoms with Gasteiger partial charge in [-0.05, 0) is 69.5 Å². The summed E-state index contributed by atoms with van der Waals surface area (Å²) in [6, 6.07) is 13.2. The van der Waals surface area contributed by atoms with Crippen molar-refractivity contribution in [2.75, 3.05) is 12.4 Å². The Kier molecular flexibility index (Phi) is 8.72. The number of rotatable bonds is 7. The van der Waals surface area contributed by atoms with E-state index in [1.54, 1.807) is 24.3 Å². The molecule has 0 heterocycles. The molecule has 7 nitrogen and oxygen atoms in total. The van der Waals surface area contributed by atoms with Crippen molar-refractivity contribution < 1.29 is 27.8 Å². The molecule has 3 aromatic rings. The number of nitrogens with zero attached hydrogens (tertiary/aromatic N) is 1. The normalized spacial score (nSPS) is 10.7. The second-order valence-electron chi connectivity index (χ2n) is 6.73. The number of amides is 2. The molecule has 0 aliphatic rings. The van der Waals surface area contributed by atoms with Crippen LogP contribution in [0.25, 0.3) is 0 Å². The van der Waals surface area contributed by atoms with Crippen LogP contribution in [0.2, 0.25) is 0 Å². The number of nitrogens with one attached hydrogen (secondary N) is 2. The van der Waals surface area contributed by atoms with Gasteiger partial charge in [-0.25, -0.2) is 14.2 Å². The number of hydrogen-bond donors (Lipinski definition) is 2. The summed E-state index contributed by atoms with van der Waals surface area (Å²) < 4.78 is 39.1. The Morgan fingerprint density at radius 3 is 2.44 bits per heavy atom. The van der Waals surface area contributed by atoms with Gasteiger partial charge in [0, 0.05) is 4.47 Å². The van der Waals surface area contributed by atoms with Crippen LogP contribution in [0, 0.1) is 11.6 Å². The molecule has 0 aliphatic carbocycles. The van der Waals surface area contributed by atoms with Crippen molar-refractivity contribution in [2.45, 2.75) is 6.61 Å². The van der Waals surface area contributed by atoms with Gasteiger partial charge in [-0.2, -0.15) is 5.10 Å². The van der Waals surface area contributed by atoms with Crippen LogP contribution in [0.1, 0.15) is 11.1 Å². The lowest BCUT2D eigenvalue weighted by atomic mass is 10.2. The van der Waals surface area contributed by atoms with E-state index in [4.69, 9.17) is 9.47 Å². The third kappa shape index (κ3) is 6.84. The number of hydrazone groups is 1. The minimum Gasteiger partial charge on any atom is -0.493 e. The van der Waals surface area contributed by atoms with E-state index in [0.717, 1.165) is 11.6 Å². The van der Waals surface area contributed by atoms with Crippen molar-refractivity contribution in [1.29, 1.82) is 0 Å². The van der Waals surface area contributed by atoms with Crippen molar-refractivity contribution in [1.82, 2.24) is 5.43 Å². The van der Waals surface area contributed by atoms with Crippen LogP contribution in [0.15, 0.2) is 68.6 Å². The minimum atomic E-state index is -1.08. The summed E-state index contributed by atoms with van der Waals surface area (Å²) in [5.41, 5.74) is 3.23. The van der Waals surface area contributed by atoms with Crippen molar-refractivity contribution in [3.63, 3.8) is 0 Å². The molecule has 0 unspecified atom stereocenters. The molecule has 11 heteroatoms. The SMILES string of the molecule is COc1cc(/C=N/NC(=O)C(=O)Nc2ccc(Br)cc2F)cc(Br)c1OCc1ccc(F)cc1. The summed E-state index contributed by atoms with van der Waals surface area (Å²) in [5.74, 6) is -2.39. The number of benzene rings is 3. The summed E-state index contributed by atoms with van der Waals surface area (Å²) >= 11 is 6.51. The number of halogens is 4. The zero-order valence-electron chi connectivity index (χ0n) is 17.6. The summed E-state index contributed by atoms with van der Waals surface area (Å²) in [6.07, 6.45) is 1.29. The molecule has 0 radical (unpaired) electrons. The number of anilines is 1. The maximum absolute atomic E-state index is 13.8. The smallest absolute Gasteiger partial charge is 0.329 e. The molecule has 2 N–H and O–H groups in total. The predicted molar refractivity (Wildman–Crippen MR) is 130 cm³/mol. The molecule has 34 heavy (non-hydrogen) atoms. The summed E-state index contributed by atoms with van der Waals surface area (Å²) in [4.78, 5) is 23.9. The van der Waals surface area contributed by atoms with E-state index in [1.807, 2.05) is 0 Å². The van der Waals surface area contributed by atoms with Gasteiger partial charge in [0.2, 0.25) is 0 Å². The highest BCUT2D eigenvalue weighted by atomic mass is 79.9. The van der Waals surface area contributed by atoms with Crippen LogP contribution in [-0.2, 0) is 16.2 Å². The van der Waals surface area contributed by atoms with E-state index >= 15 is 0 Å². The Labute approximate surface area is 210 Å². The Hall–Kier alpha value is -3.31. The van der Waals surface area contributed by atoms with Crippen LogP contribution in [-0.4, -0.2) is 25.1 Å². The number of carbonyl (C=O) groups excluding carboxylic acids is 2. The maximum Gasteiger partial charge on any atom is 0.329 e. The average molecular weight is 597 g/mol.